The van der Waals surface area contributed by atoms with Crippen molar-refractivity contribution in [2.75, 3.05) is 0 Å². The lowest BCUT2D eigenvalue weighted by atomic mass is 9.44. The fourth-order valence-corrected chi connectivity index (χ4v) is 9.25. The summed E-state index contributed by atoms with van der Waals surface area (Å²) in [7, 11) is 0. The van der Waals surface area contributed by atoms with Gasteiger partial charge in [-0.3, -0.25) is 4.79 Å². The van der Waals surface area contributed by atoms with Crippen LogP contribution in [0.1, 0.15) is 117 Å². The summed E-state index contributed by atoms with van der Waals surface area (Å²) >= 11 is 0. The predicted molar refractivity (Wildman–Crippen MR) is 118 cm³/mol. The molecule has 0 radical (unpaired) electrons. The molecule has 8 atom stereocenters. The zero-order valence-corrected chi connectivity index (χ0v) is 19.3. The van der Waals surface area contributed by atoms with Crippen LogP contribution in [0.2, 0.25) is 0 Å². The molecule has 1 spiro atoms. The smallest absolute Gasteiger partial charge is 0.164 e. The fourth-order valence-electron chi connectivity index (χ4n) is 9.25. The van der Waals surface area contributed by atoms with Crippen LogP contribution in [0.15, 0.2) is 0 Å². The molecule has 4 aliphatic carbocycles. The van der Waals surface area contributed by atoms with Crippen LogP contribution in [-0.2, 0) is 9.53 Å². The predicted octanol–water partition coefficient (Wildman–Crippen LogP) is 7.10. The first kappa shape index (κ1) is 20.5. The minimum absolute atomic E-state index is 0.0282. The third kappa shape index (κ3) is 2.94. The van der Waals surface area contributed by atoms with Crippen LogP contribution >= 0.6 is 0 Å². The molecule has 5 aliphatic rings. The molecule has 0 amide bonds. The second-order valence-corrected chi connectivity index (χ2v) is 12.1. The molecule has 1 aliphatic heterocycles. The highest BCUT2D eigenvalue weighted by molar-refractivity contribution is 5.88. The third-order valence-corrected chi connectivity index (χ3v) is 11.1. The lowest BCUT2D eigenvalue weighted by Crippen LogP contribution is -2.58. The van der Waals surface area contributed by atoms with E-state index < -0.39 is 0 Å². The van der Waals surface area contributed by atoms with E-state index in [-0.39, 0.29) is 17.1 Å². The quantitative estimate of drug-likeness (QED) is 0.337. The molecule has 164 valence electrons. The molecular formula is C27H44O2. The van der Waals surface area contributed by atoms with E-state index in [1.54, 1.807) is 0 Å². The molecule has 0 bridgehead atoms. The van der Waals surface area contributed by atoms with Crippen molar-refractivity contribution in [1.82, 2.24) is 0 Å². The summed E-state index contributed by atoms with van der Waals surface area (Å²) in [5.41, 5.74) is 0.820. The Morgan fingerprint density at radius 3 is 2.52 bits per heavy atom. The number of unbranched alkanes of at least 4 members (excludes halogenated alkanes) is 5. The van der Waals surface area contributed by atoms with Gasteiger partial charge < -0.3 is 4.74 Å². The van der Waals surface area contributed by atoms with Gasteiger partial charge in [0, 0.05) is 11.8 Å². The highest BCUT2D eigenvalue weighted by atomic mass is 16.6. The van der Waals surface area contributed by atoms with Crippen LogP contribution in [-0.4, -0.2) is 17.5 Å². The summed E-state index contributed by atoms with van der Waals surface area (Å²) < 4.78 is 6.24. The normalized spacial score (nSPS) is 50.4. The molecular weight excluding hydrogens is 356 g/mol. The van der Waals surface area contributed by atoms with Gasteiger partial charge in [-0.25, -0.2) is 0 Å². The number of fused-ring (bicyclic) bond motifs is 4. The molecule has 0 aromatic rings. The van der Waals surface area contributed by atoms with Crippen molar-refractivity contribution in [2.45, 2.75) is 129 Å². The number of ether oxygens (including phenoxy) is 1. The Labute approximate surface area is 178 Å². The van der Waals surface area contributed by atoms with E-state index in [0.717, 1.165) is 42.9 Å². The summed E-state index contributed by atoms with van der Waals surface area (Å²) in [6.45, 7) is 7.50. The number of ketones is 1. The Balaban J connectivity index is 1.24. The molecule has 2 heteroatoms. The first-order valence-corrected chi connectivity index (χ1v) is 13.2. The van der Waals surface area contributed by atoms with E-state index in [0.29, 0.717) is 11.2 Å². The maximum Gasteiger partial charge on any atom is 0.164 e. The molecule has 5 fully saturated rings. The topological polar surface area (TPSA) is 29.6 Å². The molecule has 4 saturated carbocycles. The molecule has 0 N–H and O–H groups in total. The monoisotopic (exact) mass is 400 g/mol. The van der Waals surface area contributed by atoms with Gasteiger partial charge in [0.2, 0.25) is 0 Å². The van der Waals surface area contributed by atoms with E-state index in [2.05, 4.69) is 20.8 Å². The zero-order valence-electron chi connectivity index (χ0n) is 19.3. The first-order chi connectivity index (χ1) is 14.0. The number of hydrogen-bond acceptors (Lipinski definition) is 2. The SMILES string of the molecule is CCCCCCCCC1CC[C@H]2[C@@H]3CC[C@@]45O[C@@H]4C(=O)CC[C@]5(C)[C@H]3CC[C@]12C. The van der Waals surface area contributed by atoms with Crippen molar-refractivity contribution in [3.8, 4) is 0 Å². The Hall–Kier alpha value is -0.370. The highest BCUT2D eigenvalue weighted by Gasteiger charge is 2.76. The molecule has 1 unspecified atom stereocenters. The van der Waals surface area contributed by atoms with Crippen molar-refractivity contribution in [2.24, 2.45) is 34.5 Å². The van der Waals surface area contributed by atoms with Gasteiger partial charge in [0.15, 0.2) is 5.78 Å². The van der Waals surface area contributed by atoms with Crippen LogP contribution in [0.3, 0.4) is 0 Å². The van der Waals surface area contributed by atoms with Crippen LogP contribution in [0, 0.1) is 34.5 Å². The summed E-state index contributed by atoms with van der Waals surface area (Å²) in [6.07, 6.45) is 20.2. The van der Waals surface area contributed by atoms with Crippen molar-refractivity contribution in [3.63, 3.8) is 0 Å². The minimum Gasteiger partial charge on any atom is -0.357 e. The first-order valence-electron chi connectivity index (χ1n) is 13.2. The van der Waals surface area contributed by atoms with Gasteiger partial charge in [0.25, 0.3) is 0 Å². The Morgan fingerprint density at radius 2 is 1.69 bits per heavy atom. The number of hydrogen-bond donors (Lipinski definition) is 0. The fraction of sp³-hybridized carbons (Fsp3) is 0.963. The van der Waals surface area contributed by atoms with E-state index in [1.807, 2.05) is 0 Å². The summed E-state index contributed by atoms with van der Waals surface area (Å²) in [5, 5.41) is 0. The van der Waals surface area contributed by atoms with E-state index in [1.165, 1.54) is 77.0 Å². The van der Waals surface area contributed by atoms with Gasteiger partial charge in [-0.1, -0.05) is 59.3 Å². The summed E-state index contributed by atoms with van der Waals surface area (Å²) in [6, 6.07) is 0. The van der Waals surface area contributed by atoms with Crippen molar-refractivity contribution in [1.29, 1.82) is 0 Å². The average Bonchev–Trinajstić information content (AvgIpc) is 3.37. The Bertz CT molecular complexity index is 642. The van der Waals surface area contributed by atoms with Gasteiger partial charge in [-0.05, 0) is 80.5 Å². The number of carbonyl (C=O) groups is 1. The zero-order chi connectivity index (χ0) is 20.3. The molecule has 29 heavy (non-hydrogen) atoms. The summed E-state index contributed by atoms with van der Waals surface area (Å²) in [5.74, 6) is 4.02. The van der Waals surface area contributed by atoms with E-state index in [9.17, 15) is 4.79 Å². The average molecular weight is 401 g/mol. The summed E-state index contributed by atoms with van der Waals surface area (Å²) in [4.78, 5) is 12.3. The largest absolute Gasteiger partial charge is 0.357 e. The number of Topliss-reactive ketones (excluding diaryl/α,β-unsaturated/α-hetero) is 1. The lowest BCUT2D eigenvalue weighted by molar-refractivity contribution is -0.131. The number of epoxide rings is 1. The van der Waals surface area contributed by atoms with Crippen molar-refractivity contribution in [3.05, 3.63) is 0 Å². The molecule has 1 heterocycles. The van der Waals surface area contributed by atoms with Crippen molar-refractivity contribution >= 4 is 5.78 Å². The second-order valence-electron chi connectivity index (χ2n) is 12.1. The Morgan fingerprint density at radius 1 is 0.897 bits per heavy atom. The van der Waals surface area contributed by atoms with Crippen LogP contribution < -0.4 is 0 Å². The number of carbonyl (C=O) groups excluding carboxylic acids is 1. The molecule has 0 aromatic carbocycles. The standard InChI is InChI=1S/C27H44O2/c1-4-5-6-7-8-9-10-19-11-12-21-20-13-18-27-24(29-27)23(28)15-17-26(27,3)22(20)14-16-25(19,21)2/h19-22,24H,4-18H2,1-3H3/t19?,20-,21-,22-,24+,25+,26+,27+/m0/s1. The van der Waals surface area contributed by atoms with Crippen LogP contribution in [0.4, 0.5) is 0 Å². The van der Waals surface area contributed by atoms with Gasteiger partial charge in [0.1, 0.15) is 11.7 Å². The van der Waals surface area contributed by atoms with Crippen molar-refractivity contribution < 1.29 is 9.53 Å². The van der Waals surface area contributed by atoms with E-state index in [4.69, 9.17) is 4.74 Å². The number of rotatable bonds is 7. The molecule has 2 nitrogen and oxygen atoms in total. The van der Waals surface area contributed by atoms with Gasteiger partial charge >= 0.3 is 0 Å². The molecule has 5 rings (SSSR count). The minimum atomic E-state index is -0.0479. The molecule has 0 aromatic heterocycles. The van der Waals surface area contributed by atoms with Crippen LogP contribution in [0.5, 0.6) is 0 Å². The maximum atomic E-state index is 12.3. The van der Waals surface area contributed by atoms with Gasteiger partial charge in [-0.2, -0.15) is 0 Å². The maximum absolute atomic E-state index is 12.3. The van der Waals surface area contributed by atoms with E-state index >= 15 is 0 Å². The molecule has 1 saturated heterocycles. The second kappa shape index (κ2) is 7.35. The van der Waals surface area contributed by atoms with Gasteiger partial charge in [0.05, 0.1) is 0 Å². The lowest BCUT2D eigenvalue weighted by Gasteiger charge is -2.59. The third-order valence-electron chi connectivity index (χ3n) is 11.1. The van der Waals surface area contributed by atoms with Crippen LogP contribution in [0.25, 0.3) is 0 Å². The van der Waals surface area contributed by atoms with Gasteiger partial charge in [-0.15, -0.1) is 0 Å². The highest BCUT2D eigenvalue weighted by Crippen LogP contribution is 2.72. The Kier molecular flexibility index (Phi) is 5.20.